The van der Waals surface area contributed by atoms with Crippen molar-refractivity contribution in [1.82, 2.24) is 4.98 Å². The van der Waals surface area contributed by atoms with Crippen LogP contribution in [-0.2, 0) is 4.79 Å². The van der Waals surface area contributed by atoms with E-state index in [0.29, 0.717) is 11.6 Å². The Morgan fingerprint density at radius 1 is 1.43 bits per heavy atom. The Morgan fingerprint density at radius 3 is 2.86 bits per heavy atom. The normalized spacial score (nSPS) is 12.9. The number of aryl methyl sites for hydroxylation is 1. The average Bonchev–Trinajstić information content (AvgIpc) is 2.21. The van der Waals surface area contributed by atoms with Gasteiger partial charge in [-0.1, -0.05) is 13.8 Å². The first-order valence-corrected chi connectivity index (χ1v) is 4.66. The molecule has 4 nitrogen and oxygen atoms in total. The average molecular weight is 194 g/mol. The first-order chi connectivity index (χ1) is 6.75. The fourth-order valence-corrected chi connectivity index (χ4v) is 1.06. The zero-order valence-corrected chi connectivity index (χ0v) is 8.63. The summed E-state index contributed by atoms with van der Waals surface area (Å²) in [6.45, 7) is 5.93. The molecule has 0 saturated carbocycles. The van der Waals surface area contributed by atoms with E-state index in [1.807, 2.05) is 26.8 Å². The van der Waals surface area contributed by atoms with E-state index in [-0.39, 0.29) is 12.5 Å². The molecule has 76 valence electrons. The predicted molar refractivity (Wildman–Crippen MR) is 54.4 cm³/mol. The molecule has 0 spiro atoms. The van der Waals surface area contributed by atoms with Crippen molar-refractivity contribution in [3.8, 4) is 5.88 Å². The molecule has 1 N–H and O–H groups in total. The molecule has 1 aromatic heterocycles. The Kier molecular flexibility index (Phi) is 3.45. The zero-order valence-electron chi connectivity index (χ0n) is 8.63. The first-order valence-electron chi connectivity index (χ1n) is 4.66. The van der Waals surface area contributed by atoms with Gasteiger partial charge in [0.25, 0.3) is 5.91 Å². The van der Waals surface area contributed by atoms with Gasteiger partial charge in [0.05, 0.1) is 0 Å². The molecule has 1 aromatic rings. The van der Waals surface area contributed by atoms with Crippen LogP contribution in [-0.4, -0.2) is 17.5 Å². The van der Waals surface area contributed by atoms with Crippen LogP contribution in [0.3, 0.4) is 0 Å². The van der Waals surface area contributed by atoms with Crippen LogP contribution in [0.25, 0.3) is 0 Å². The van der Waals surface area contributed by atoms with Crippen LogP contribution >= 0.6 is 0 Å². The van der Waals surface area contributed by atoms with Gasteiger partial charge in [0.2, 0.25) is 5.88 Å². The van der Waals surface area contributed by atoms with Gasteiger partial charge >= 0.3 is 0 Å². The third kappa shape index (κ3) is 2.22. The molecule has 0 unspecified atom stereocenters. The Morgan fingerprint density at radius 2 is 2.14 bits per heavy atom. The number of nitrogens with one attached hydrogen (secondary N) is 1. The SMILES string of the molecule is CC.Cc1ccc2c(n1)OCC(=O)N2. The molecular formula is C10H14N2O2. The minimum Gasteiger partial charge on any atom is -0.466 e. The van der Waals surface area contributed by atoms with Crippen LogP contribution in [0.4, 0.5) is 5.69 Å². The molecule has 14 heavy (non-hydrogen) atoms. The molecule has 2 heterocycles. The number of carbonyl (C=O) groups excluding carboxylic acids is 1. The summed E-state index contributed by atoms with van der Waals surface area (Å²) in [6.07, 6.45) is 0. The van der Waals surface area contributed by atoms with Crippen molar-refractivity contribution in [3.63, 3.8) is 0 Å². The third-order valence-electron chi connectivity index (χ3n) is 1.61. The van der Waals surface area contributed by atoms with Gasteiger partial charge in [-0.2, -0.15) is 0 Å². The van der Waals surface area contributed by atoms with Crippen molar-refractivity contribution in [2.24, 2.45) is 0 Å². The highest BCUT2D eigenvalue weighted by molar-refractivity contribution is 5.94. The lowest BCUT2D eigenvalue weighted by atomic mass is 10.3. The highest BCUT2D eigenvalue weighted by Gasteiger charge is 2.16. The Labute approximate surface area is 83.3 Å². The summed E-state index contributed by atoms with van der Waals surface area (Å²) in [7, 11) is 0. The molecular weight excluding hydrogens is 180 g/mol. The lowest BCUT2D eigenvalue weighted by molar-refractivity contribution is -0.118. The molecule has 1 amide bonds. The smallest absolute Gasteiger partial charge is 0.262 e. The quantitative estimate of drug-likeness (QED) is 0.684. The molecule has 1 aliphatic rings. The van der Waals surface area contributed by atoms with Crippen LogP contribution in [0.15, 0.2) is 12.1 Å². The van der Waals surface area contributed by atoms with Gasteiger partial charge in [0.1, 0.15) is 5.69 Å². The lowest BCUT2D eigenvalue weighted by Crippen LogP contribution is -2.26. The molecule has 0 atom stereocenters. The van der Waals surface area contributed by atoms with Crippen LogP contribution in [0.2, 0.25) is 0 Å². The topological polar surface area (TPSA) is 51.2 Å². The largest absolute Gasteiger partial charge is 0.466 e. The lowest BCUT2D eigenvalue weighted by Gasteiger charge is -2.16. The highest BCUT2D eigenvalue weighted by atomic mass is 16.5. The Hall–Kier alpha value is -1.58. The highest BCUT2D eigenvalue weighted by Crippen LogP contribution is 2.24. The van der Waals surface area contributed by atoms with Crippen LogP contribution in [0.1, 0.15) is 19.5 Å². The summed E-state index contributed by atoms with van der Waals surface area (Å²) < 4.78 is 5.09. The predicted octanol–water partition coefficient (Wildman–Crippen LogP) is 1.75. The van der Waals surface area contributed by atoms with Gasteiger partial charge in [-0.3, -0.25) is 4.79 Å². The van der Waals surface area contributed by atoms with Gasteiger partial charge in [-0.15, -0.1) is 0 Å². The summed E-state index contributed by atoms with van der Waals surface area (Å²) >= 11 is 0. The maximum atomic E-state index is 10.8. The fourth-order valence-electron chi connectivity index (χ4n) is 1.06. The van der Waals surface area contributed by atoms with Crippen molar-refractivity contribution < 1.29 is 9.53 Å². The number of fused-ring (bicyclic) bond motifs is 1. The number of aromatic nitrogens is 1. The van der Waals surface area contributed by atoms with Gasteiger partial charge < -0.3 is 10.1 Å². The number of nitrogens with zero attached hydrogens (tertiary/aromatic N) is 1. The van der Waals surface area contributed by atoms with E-state index < -0.39 is 0 Å². The summed E-state index contributed by atoms with van der Waals surface area (Å²) in [4.78, 5) is 15.0. The standard InChI is InChI=1S/C8H8N2O2.C2H6/c1-5-2-3-6-8(9-5)12-4-7(11)10-6;1-2/h2-3H,4H2,1H3,(H,10,11);1-2H3. The van der Waals surface area contributed by atoms with E-state index in [2.05, 4.69) is 10.3 Å². The second kappa shape index (κ2) is 4.60. The number of amides is 1. The monoisotopic (exact) mass is 194 g/mol. The first kappa shape index (κ1) is 10.5. The second-order valence-electron chi connectivity index (χ2n) is 2.64. The molecule has 0 radical (unpaired) electrons. The van der Waals surface area contributed by atoms with Crippen molar-refractivity contribution in [2.45, 2.75) is 20.8 Å². The number of hydrogen-bond donors (Lipinski definition) is 1. The summed E-state index contributed by atoms with van der Waals surface area (Å²) in [5, 5.41) is 2.66. The van der Waals surface area contributed by atoms with E-state index in [0.717, 1.165) is 5.69 Å². The molecule has 1 aliphatic heterocycles. The van der Waals surface area contributed by atoms with E-state index in [1.54, 1.807) is 6.07 Å². The summed E-state index contributed by atoms with van der Waals surface area (Å²) in [5.74, 6) is 0.378. The van der Waals surface area contributed by atoms with Crippen molar-refractivity contribution >= 4 is 11.6 Å². The Bertz CT molecular complexity index is 337. The maximum Gasteiger partial charge on any atom is 0.262 e. The van der Waals surface area contributed by atoms with Gasteiger partial charge in [0.15, 0.2) is 6.61 Å². The number of rotatable bonds is 0. The fraction of sp³-hybridized carbons (Fsp3) is 0.400. The minimum absolute atomic E-state index is 0.0590. The third-order valence-corrected chi connectivity index (χ3v) is 1.61. The number of pyridine rings is 1. The van der Waals surface area contributed by atoms with Crippen LogP contribution < -0.4 is 10.1 Å². The van der Waals surface area contributed by atoms with Gasteiger partial charge in [-0.05, 0) is 19.1 Å². The molecule has 4 heteroatoms. The van der Waals surface area contributed by atoms with Crippen molar-refractivity contribution in [1.29, 1.82) is 0 Å². The van der Waals surface area contributed by atoms with E-state index in [9.17, 15) is 4.79 Å². The second-order valence-corrected chi connectivity index (χ2v) is 2.64. The molecule has 0 aromatic carbocycles. The van der Waals surface area contributed by atoms with Crippen molar-refractivity contribution in [3.05, 3.63) is 17.8 Å². The molecule has 0 bridgehead atoms. The van der Waals surface area contributed by atoms with Crippen molar-refractivity contribution in [2.75, 3.05) is 11.9 Å². The number of anilines is 1. The molecule has 0 fully saturated rings. The van der Waals surface area contributed by atoms with E-state index in [1.165, 1.54) is 0 Å². The van der Waals surface area contributed by atoms with Gasteiger partial charge in [0, 0.05) is 5.69 Å². The van der Waals surface area contributed by atoms with E-state index in [4.69, 9.17) is 4.74 Å². The summed E-state index contributed by atoms with van der Waals surface area (Å²) in [5.41, 5.74) is 1.53. The van der Waals surface area contributed by atoms with Crippen LogP contribution in [0.5, 0.6) is 5.88 Å². The Balaban J connectivity index is 0.000000461. The molecule has 0 aliphatic carbocycles. The van der Waals surface area contributed by atoms with Crippen LogP contribution in [0, 0.1) is 6.92 Å². The summed E-state index contributed by atoms with van der Waals surface area (Å²) in [6, 6.07) is 3.61. The maximum absolute atomic E-state index is 10.8. The van der Waals surface area contributed by atoms with E-state index >= 15 is 0 Å². The van der Waals surface area contributed by atoms with Gasteiger partial charge in [-0.25, -0.2) is 4.98 Å². The molecule has 2 rings (SSSR count). The number of ether oxygens (including phenoxy) is 1. The zero-order chi connectivity index (χ0) is 10.6. The molecule has 0 saturated heterocycles. The minimum atomic E-state index is -0.131. The number of hydrogen-bond acceptors (Lipinski definition) is 3. The number of carbonyl (C=O) groups is 1.